The Labute approximate surface area is 95.3 Å². The summed E-state index contributed by atoms with van der Waals surface area (Å²) >= 11 is 0. The van der Waals surface area contributed by atoms with Crippen LogP contribution >= 0.6 is 0 Å². The summed E-state index contributed by atoms with van der Waals surface area (Å²) in [7, 11) is 0. The van der Waals surface area contributed by atoms with Crippen molar-refractivity contribution in [2.45, 2.75) is 26.8 Å². The summed E-state index contributed by atoms with van der Waals surface area (Å²) < 4.78 is 4.81. The largest absolute Gasteiger partial charge is 0.465 e. The molecule has 1 N–H and O–H groups in total. The van der Waals surface area contributed by atoms with Crippen LogP contribution in [-0.4, -0.2) is 29.1 Å². The molecule has 5 heteroatoms. The minimum absolute atomic E-state index is 0.0162. The van der Waals surface area contributed by atoms with E-state index >= 15 is 0 Å². The zero-order valence-electron chi connectivity index (χ0n) is 9.86. The summed E-state index contributed by atoms with van der Waals surface area (Å²) in [6, 6.07) is -0.0162. The number of aryl methyl sites for hydroxylation is 1. The summed E-state index contributed by atoms with van der Waals surface area (Å²) in [5, 5.41) is 3.03. The zero-order chi connectivity index (χ0) is 12.0. The summed E-state index contributed by atoms with van der Waals surface area (Å²) in [5.74, 6) is -0.255. The zero-order valence-corrected chi connectivity index (χ0v) is 9.86. The molecule has 0 saturated carbocycles. The molecule has 0 amide bonds. The molecule has 1 aromatic heterocycles. The molecule has 0 aliphatic rings. The number of rotatable bonds is 5. The molecule has 1 atom stereocenters. The Hall–Kier alpha value is -1.49. The Kier molecular flexibility index (Phi) is 4.85. The lowest BCUT2D eigenvalue weighted by Gasteiger charge is -2.12. The fourth-order valence-electron chi connectivity index (χ4n) is 1.18. The third-order valence-corrected chi connectivity index (χ3v) is 2.10. The van der Waals surface area contributed by atoms with Crippen LogP contribution in [0.1, 0.15) is 31.3 Å². The standard InChI is InChI=1S/C11H17N3O2/c1-4-16-11(15)7-13-9(3)10-6-12-8(2)5-14-10/h5-6,9,13H,4,7H2,1-3H3. The van der Waals surface area contributed by atoms with E-state index in [9.17, 15) is 4.79 Å². The van der Waals surface area contributed by atoms with Crippen LogP contribution in [0.3, 0.4) is 0 Å². The second kappa shape index (κ2) is 6.17. The monoisotopic (exact) mass is 223 g/mol. The fraction of sp³-hybridized carbons (Fsp3) is 0.545. The van der Waals surface area contributed by atoms with Gasteiger partial charge in [0, 0.05) is 12.2 Å². The predicted octanol–water partition coefficient (Wildman–Crippen LogP) is 0.999. The quantitative estimate of drug-likeness (QED) is 0.754. The molecule has 0 saturated heterocycles. The van der Waals surface area contributed by atoms with E-state index in [0.29, 0.717) is 6.61 Å². The van der Waals surface area contributed by atoms with Gasteiger partial charge in [-0.05, 0) is 20.8 Å². The van der Waals surface area contributed by atoms with Crippen molar-refractivity contribution in [2.24, 2.45) is 0 Å². The molecule has 88 valence electrons. The van der Waals surface area contributed by atoms with Crippen LogP contribution < -0.4 is 5.32 Å². The Morgan fingerprint density at radius 2 is 2.25 bits per heavy atom. The van der Waals surface area contributed by atoms with Crippen LogP contribution in [0.25, 0.3) is 0 Å². The molecule has 5 nitrogen and oxygen atoms in total. The van der Waals surface area contributed by atoms with Gasteiger partial charge in [0.25, 0.3) is 0 Å². The molecule has 1 rings (SSSR count). The maximum absolute atomic E-state index is 11.1. The van der Waals surface area contributed by atoms with Gasteiger partial charge in [0.1, 0.15) is 0 Å². The second-order valence-electron chi connectivity index (χ2n) is 3.49. The molecule has 1 unspecified atom stereocenters. The molecule has 0 spiro atoms. The van der Waals surface area contributed by atoms with Gasteiger partial charge in [-0.2, -0.15) is 0 Å². The van der Waals surface area contributed by atoms with E-state index in [0.717, 1.165) is 11.4 Å². The van der Waals surface area contributed by atoms with Crippen LogP contribution in [0.15, 0.2) is 12.4 Å². The van der Waals surface area contributed by atoms with E-state index in [1.807, 2.05) is 13.8 Å². The third kappa shape index (κ3) is 3.94. The van der Waals surface area contributed by atoms with Crippen molar-refractivity contribution in [3.8, 4) is 0 Å². The van der Waals surface area contributed by atoms with E-state index in [1.165, 1.54) is 0 Å². The highest BCUT2D eigenvalue weighted by Crippen LogP contribution is 2.06. The molecule has 1 heterocycles. The number of ether oxygens (including phenoxy) is 1. The maximum atomic E-state index is 11.1. The van der Waals surface area contributed by atoms with Crippen LogP contribution in [-0.2, 0) is 9.53 Å². The number of esters is 1. The minimum Gasteiger partial charge on any atom is -0.465 e. The van der Waals surface area contributed by atoms with Crippen LogP contribution in [0.2, 0.25) is 0 Å². The van der Waals surface area contributed by atoms with Gasteiger partial charge < -0.3 is 4.74 Å². The molecule has 0 fully saturated rings. The van der Waals surface area contributed by atoms with Gasteiger partial charge in [0.2, 0.25) is 0 Å². The summed E-state index contributed by atoms with van der Waals surface area (Å²) in [6.07, 6.45) is 3.41. The molecule has 0 radical (unpaired) electrons. The van der Waals surface area contributed by atoms with Gasteiger partial charge in [-0.25, -0.2) is 0 Å². The molecular formula is C11H17N3O2. The van der Waals surface area contributed by atoms with E-state index in [-0.39, 0.29) is 18.6 Å². The van der Waals surface area contributed by atoms with Gasteiger partial charge in [-0.15, -0.1) is 0 Å². The average molecular weight is 223 g/mol. The molecule has 0 aromatic carbocycles. The molecule has 16 heavy (non-hydrogen) atoms. The van der Waals surface area contributed by atoms with Crippen molar-refractivity contribution in [1.82, 2.24) is 15.3 Å². The molecular weight excluding hydrogens is 206 g/mol. The van der Waals surface area contributed by atoms with Gasteiger partial charge in [0.05, 0.1) is 30.7 Å². The lowest BCUT2D eigenvalue weighted by Crippen LogP contribution is -2.27. The van der Waals surface area contributed by atoms with Crippen LogP contribution in [0, 0.1) is 6.92 Å². The third-order valence-electron chi connectivity index (χ3n) is 2.10. The van der Waals surface area contributed by atoms with Gasteiger partial charge in [-0.1, -0.05) is 0 Å². The number of nitrogens with zero attached hydrogens (tertiary/aromatic N) is 2. The van der Waals surface area contributed by atoms with Gasteiger partial charge in [0.15, 0.2) is 0 Å². The highest BCUT2D eigenvalue weighted by atomic mass is 16.5. The topological polar surface area (TPSA) is 64.1 Å². The highest BCUT2D eigenvalue weighted by molar-refractivity contribution is 5.71. The van der Waals surface area contributed by atoms with Crippen LogP contribution in [0.4, 0.5) is 0 Å². The first-order chi connectivity index (χ1) is 7.63. The Morgan fingerprint density at radius 1 is 1.50 bits per heavy atom. The molecule has 0 aliphatic carbocycles. The maximum Gasteiger partial charge on any atom is 0.319 e. The average Bonchev–Trinajstić information content (AvgIpc) is 2.27. The SMILES string of the molecule is CCOC(=O)CNC(C)c1cnc(C)cn1. The summed E-state index contributed by atoms with van der Waals surface area (Å²) in [4.78, 5) is 19.5. The molecule has 1 aromatic rings. The van der Waals surface area contributed by atoms with E-state index in [4.69, 9.17) is 4.74 Å². The Morgan fingerprint density at radius 3 is 2.81 bits per heavy atom. The number of hydrogen-bond donors (Lipinski definition) is 1. The fourth-order valence-corrected chi connectivity index (χ4v) is 1.18. The summed E-state index contributed by atoms with van der Waals surface area (Å²) in [5.41, 5.74) is 1.69. The molecule has 0 aliphatic heterocycles. The Balaban J connectivity index is 2.43. The van der Waals surface area contributed by atoms with Crippen molar-refractivity contribution < 1.29 is 9.53 Å². The van der Waals surface area contributed by atoms with E-state index < -0.39 is 0 Å². The minimum atomic E-state index is -0.255. The second-order valence-corrected chi connectivity index (χ2v) is 3.49. The van der Waals surface area contributed by atoms with E-state index in [2.05, 4.69) is 15.3 Å². The van der Waals surface area contributed by atoms with Gasteiger partial charge in [-0.3, -0.25) is 20.1 Å². The smallest absolute Gasteiger partial charge is 0.319 e. The highest BCUT2D eigenvalue weighted by Gasteiger charge is 2.09. The normalized spacial score (nSPS) is 12.2. The van der Waals surface area contributed by atoms with Crippen molar-refractivity contribution in [3.63, 3.8) is 0 Å². The van der Waals surface area contributed by atoms with Crippen molar-refractivity contribution in [2.75, 3.05) is 13.2 Å². The number of aromatic nitrogens is 2. The Bertz CT molecular complexity index is 338. The number of hydrogen-bond acceptors (Lipinski definition) is 5. The van der Waals surface area contributed by atoms with Crippen molar-refractivity contribution in [3.05, 3.63) is 23.8 Å². The van der Waals surface area contributed by atoms with Crippen molar-refractivity contribution >= 4 is 5.97 Å². The summed E-state index contributed by atoms with van der Waals surface area (Å²) in [6.45, 7) is 6.18. The van der Waals surface area contributed by atoms with Crippen molar-refractivity contribution in [1.29, 1.82) is 0 Å². The first kappa shape index (κ1) is 12.6. The lowest BCUT2D eigenvalue weighted by atomic mass is 10.2. The predicted molar refractivity (Wildman–Crippen MR) is 59.8 cm³/mol. The van der Waals surface area contributed by atoms with E-state index in [1.54, 1.807) is 19.3 Å². The first-order valence-corrected chi connectivity index (χ1v) is 5.31. The van der Waals surface area contributed by atoms with Gasteiger partial charge >= 0.3 is 5.97 Å². The number of nitrogens with one attached hydrogen (secondary N) is 1. The molecule has 0 bridgehead atoms. The number of carbonyl (C=O) groups is 1. The lowest BCUT2D eigenvalue weighted by molar-refractivity contribution is -0.142. The number of carbonyl (C=O) groups excluding carboxylic acids is 1. The van der Waals surface area contributed by atoms with Crippen LogP contribution in [0.5, 0.6) is 0 Å². The first-order valence-electron chi connectivity index (χ1n) is 5.31.